The molecule has 1 aromatic carbocycles. The van der Waals surface area contributed by atoms with E-state index in [1.54, 1.807) is 17.1 Å². The Morgan fingerprint density at radius 2 is 2.10 bits per heavy atom. The second kappa shape index (κ2) is 5.62. The Labute approximate surface area is 121 Å². The van der Waals surface area contributed by atoms with E-state index in [0.29, 0.717) is 12.3 Å². The first kappa shape index (κ1) is 13.1. The molecule has 2 heterocycles. The lowest BCUT2D eigenvalue weighted by Crippen LogP contribution is -2.12. The first-order chi connectivity index (χ1) is 10.2. The van der Waals surface area contributed by atoms with Crippen molar-refractivity contribution in [2.24, 2.45) is 0 Å². The van der Waals surface area contributed by atoms with Gasteiger partial charge in [0.15, 0.2) is 5.76 Å². The number of benzene rings is 1. The van der Waals surface area contributed by atoms with Crippen molar-refractivity contribution in [3.05, 3.63) is 66.1 Å². The standard InChI is InChI=1S/C15H14N4O2/c1-11-6-7-21-14(11)15(20)18-13-4-2-12(3-5-13)8-19-10-16-9-17-19/h2-7,9-10H,8H2,1H3,(H,18,20). The predicted molar refractivity (Wildman–Crippen MR) is 77.0 cm³/mol. The minimum atomic E-state index is -0.249. The molecule has 0 fully saturated rings. The van der Waals surface area contributed by atoms with Gasteiger partial charge in [0.25, 0.3) is 5.91 Å². The summed E-state index contributed by atoms with van der Waals surface area (Å²) in [6.45, 7) is 2.48. The summed E-state index contributed by atoms with van der Waals surface area (Å²) in [7, 11) is 0. The average Bonchev–Trinajstić information content (AvgIpc) is 3.12. The van der Waals surface area contributed by atoms with Crippen molar-refractivity contribution >= 4 is 11.6 Å². The van der Waals surface area contributed by atoms with Gasteiger partial charge in [0, 0.05) is 11.3 Å². The number of carbonyl (C=O) groups excluding carboxylic acids is 1. The minimum absolute atomic E-state index is 0.249. The van der Waals surface area contributed by atoms with Gasteiger partial charge in [-0.25, -0.2) is 9.67 Å². The van der Waals surface area contributed by atoms with Gasteiger partial charge in [-0.05, 0) is 30.7 Å². The quantitative estimate of drug-likeness (QED) is 0.798. The fourth-order valence-corrected chi connectivity index (χ4v) is 1.99. The largest absolute Gasteiger partial charge is 0.459 e. The highest BCUT2D eigenvalue weighted by Crippen LogP contribution is 2.14. The van der Waals surface area contributed by atoms with Crippen LogP contribution < -0.4 is 5.32 Å². The van der Waals surface area contributed by atoms with Crippen LogP contribution in [0.1, 0.15) is 21.7 Å². The van der Waals surface area contributed by atoms with Crippen LogP contribution in [0.15, 0.2) is 53.7 Å². The van der Waals surface area contributed by atoms with Crippen LogP contribution in [-0.2, 0) is 6.54 Å². The van der Waals surface area contributed by atoms with Crippen molar-refractivity contribution in [2.45, 2.75) is 13.5 Å². The summed E-state index contributed by atoms with van der Waals surface area (Å²) in [5, 5.41) is 6.85. The zero-order valence-corrected chi connectivity index (χ0v) is 11.5. The van der Waals surface area contributed by atoms with E-state index in [1.807, 2.05) is 31.2 Å². The van der Waals surface area contributed by atoms with Gasteiger partial charge in [0.1, 0.15) is 12.7 Å². The predicted octanol–water partition coefficient (Wildman–Crippen LogP) is 2.48. The summed E-state index contributed by atoms with van der Waals surface area (Å²) >= 11 is 0. The number of nitrogens with zero attached hydrogens (tertiary/aromatic N) is 3. The molecule has 21 heavy (non-hydrogen) atoms. The maximum atomic E-state index is 12.0. The van der Waals surface area contributed by atoms with Crippen molar-refractivity contribution in [2.75, 3.05) is 5.32 Å². The van der Waals surface area contributed by atoms with Gasteiger partial charge in [0.05, 0.1) is 12.8 Å². The smallest absolute Gasteiger partial charge is 0.291 e. The van der Waals surface area contributed by atoms with Gasteiger partial charge in [-0.2, -0.15) is 5.10 Å². The molecule has 0 saturated heterocycles. The third kappa shape index (κ3) is 3.00. The van der Waals surface area contributed by atoms with Crippen molar-refractivity contribution in [1.82, 2.24) is 14.8 Å². The van der Waals surface area contributed by atoms with Crippen molar-refractivity contribution in [3.8, 4) is 0 Å². The van der Waals surface area contributed by atoms with Gasteiger partial charge in [0.2, 0.25) is 0 Å². The number of nitrogens with one attached hydrogen (secondary N) is 1. The van der Waals surface area contributed by atoms with Crippen LogP contribution in [0.5, 0.6) is 0 Å². The number of furan rings is 1. The van der Waals surface area contributed by atoms with Crippen LogP contribution in [0.4, 0.5) is 5.69 Å². The Bertz CT molecular complexity index is 729. The molecule has 0 aliphatic heterocycles. The SMILES string of the molecule is Cc1ccoc1C(=O)Nc1ccc(Cn2cncn2)cc1. The lowest BCUT2D eigenvalue weighted by Gasteiger charge is -2.06. The highest BCUT2D eigenvalue weighted by atomic mass is 16.3. The maximum Gasteiger partial charge on any atom is 0.291 e. The van der Waals surface area contributed by atoms with E-state index < -0.39 is 0 Å². The van der Waals surface area contributed by atoms with Gasteiger partial charge in [-0.1, -0.05) is 12.1 Å². The van der Waals surface area contributed by atoms with E-state index in [1.165, 1.54) is 12.6 Å². The number of rotatable bonds is 4. The molecule has 1 N–H and O–H groups in total. The second-order valence-corrected chi connectivity index (χ2v) is 4.68. The van der Waals surface area contributed by atoms with Crippen LogP contribution in [0.2, 0.25) is 0 Å². The zero-order chi connectivity index (χ0) is 14.7. The van der Waals surface area contributed by atoms with Gasteiger partial charge in [-0.15, -0.1) is 0 Å². The third-order valence-corrected chi connectivity index (χ3v) is 3.09. The molecule has 0 radical (unpaired) electrons. The Hall–Kier alpha value is -2.89. The van der Waals surface area contributed by atoms with Crippen LogP contribution >= 0.6 is 0 Å². The molecule has 0 spiro atoms. The maximum absolute atomic E-state index is 12.0. The number of carbonyl (C=O) groups is 1. The molecule has 6 heteroatoms. The van der Waals surface area contributed by atoms with E-state index >= 15 is 0 Å². The Morgan fingerprint density at radius 3 is 2.71 bits per heavy atom. The lowest BCUT2D eigenvalue weighted by atomic mass is 10.2. The van der Waals surface area contributed by atoms with Crippen LogP contribution in [0.25, 0.3) is 0 Å². The van der Waals surface area contributed by atoms with Crippen molar-refractivity contribution < 1.29 is 9.21 Å². The number of aryl methyl sites for hydroxylation is 1. The number of anilines is 1. The van der Waals surface area contributed by atoms with Gasteiger partial charge in [-0.3, -0.25) is 4.79 Å². The normalized spacial score (nSPS) is 10.5. The van der Waals surface area contributed by atoms with Crippen LogP contribution in [0, 0.1) is 6.92 Å². The molecule has 0 aliphatic rings. The first-order valence-corrected chi connectivity index (χ1v) is 6.49. The number of hydrogen-bond donors (Lipinski definition) is 1. The molecule has 0 saturated carbocycles. The molecule has 0 bridgehead atoms. The molecule has 1 amide bonds. The van der Waals surface area contributed by atoms with E-state index in [-0.39, 0.29) is 5.91 Å². The summed E-state index contributed by atoms with van der Waals surface area (Å²) < 4.78 is 6.90. The summed E-state index contributed by atoms with van der Waals surface area (Å²) in [5.74, 6) is 0.0863. The lowest BCUT2D eigenvalue weighted by molar-refractivity contribution is 0.0996. The molecular weight excluding hydrogens is 268 g/mol. The summed E-state index contributed by atoms with van der Waals surface area (Å²) in [5.41, 5.74) is 2.61. The van der Waals surface area contributed by atoms with Crippen molar-refractivity contribution in [3.63, 3.8) is 0 Å². The summed E-state index contributed by atoms with van der Waals surface area (Å²) in [4.78, 5) is 15.9. The molecular formula is C15H14N4O2. The van der Waals surface area contributed by atoms with E-state index in [0.717, 1.165) is 16.8 Å². The monoisotopic (exact) mass is 282 g/mol. The van der Waals surface area contributed by atoms with E-state index in [4.69, 9.17) is 4.42 Å². The molecule has 106 valence electrons. The fourth-order valence-electron chi connectivity index (χ4n) is 1.99. The topological polar surface area (TPSA) is 73.0 Å². The molecule has 0 atom stereocenters. The fraction of sp³-hybridized carbons (Fsp3) is 0.133. The molecule has 0 unspecified atom stereocenters. The molecule has 3 aromatic rings. The average molecular weight is 282 g/mol. The molecule has 0 aliphatic carbocycles. The van der Waals surface area contributed by atoms with E-state index in [2.05, 4.69) is 15.4 Å². The number of hydrogen-bond acceptors (Lipinski definition) is 4. The highest BCUT2D eigenvalue weighted by molar-refractivity contribution is 6.03. The highest BCUT2D eigenvalue weighted by Gasteiger charge is 2.12. The van der Waals surface area contributed by atoms with Crippen LogP contribution in [0.3, 0.4) is 0 Å². The second-order valence-electron chi connectivity index (χ2n) is 4.68. The van der Waals surface area contributed by atoms with E-state index in [9.17, 15) is 4.79 Å². The number of aromatic nitrogens is 3. The third-order valence-electron chi connectivity index (χ3n) is 3.09. The number of amides is 1. The molecule has 3 rings (SSSR count). The van der Waals surface area contributed by atoms with Crippen molar-refractivity contribution in [1.29, 1.82) is 0 Å². The molecule has 2 aromatic heterocycles. The Balaban J connectivity index is 1.67. The summed E-state index contributed by atoms with van der Waals surface area (Å²) in [6.07, 6.45) is 4.67. The van der Waals surface area contributed by atoms with Crippen LogP contribution in [-0.4, -0.2) is 20.7 Å². The Kier molecular flexibility index (Phi) is 3.51. The van der Waals surface area contributed by atoms with Gasteiger partial charge >= 0.3 is 0 Å². The summed E-state index contributed by atoms with van der Waals surface area (Å²) in [6, 6.07) is 9.33. The zero-order valence-electron chi connectivity index (χ0n) is 11.5. The first-order valence-electron chi connectivity index (χ1n) is 6.49. The minimum Gasteiger partial charge on any atom is -0.459 e. The molecule has 6 nitrogen and oxygen atoms in total. The van der Waals surface area contributed by atoms with Gasteiger partial charge < -0.3 is 9.73 Å². The Morgan fingerprint density at radius 1 is 1.29 bits per heavy atom.